The molecule has 1 heterocycles. The Morgan fingerprint density at radius 3 is 2.89 bits per heavy atom. The maximum Gasteiger partial charge on any atom is 0.262 e. The zero-order valence-corrected chi connectivity index (χ0v) is 10.9. The van der Waals surface area contributed by atoms with Crippen LogP contribution in [0, 0.1) is 5.92 Å². The first-order chi connectivity index (χ1) is 8.97. The van der Waals surface area contributed by atoms with Crippen LogP contribution in [-0.4, -0.2) is 24.5 Å². The number of carbonyl (C=O) groups is 2. The third kappa shape index (κ3) is 3.03. The van der Waals surface area contributed by atoms with E-state index in [1.165, 1.54) is 0 Å². The average molecular weight is 263 g/mol. The lowest BCUT2D eigenvalue weighted by atomic mass is 10.0. The van der Waals surface area contributed by atoms with E-state index in [9.17, 15) is 9.59 Å². The van der Waals surface area contributed by atoms with E-state index in [0.29, 0.717) is 17.1 Å². The van der Waals surface area contributed by atoms with E-state index in [4.69, 9.17) is 10.5 Å². The molecule has 0 saturated heterocycles. The SMILES string of the molecule is CC(C)[C@H](N)C(=O)Nc1ccc2c(c1)OCC(=O)N2. The van der Waals surface area contributed by atoms with E-state index in [1.807, 2.05) is 13.8 Å². The first-order valence-electron chi connectivity index (χ1n) is 6.10. The minimum atomic E-state index is -0.559. The summed E-state index contributed by atoms with van der Waals surface area (Å²) in [5.41, 5.74) is 6.96. The van der Waals surface area contributed by atoms with Crippen LogP contribution in [0.25, 0.3) is 0 Å². The molecular weight excluding hydrogens is 246 g/mol. The smallest absolute Gasteiger partial charge is 0.262 e. The van der Waals surface area contributed by atoms with E-state index < -0.39 is 6.04 Å². The monoisotopic (exact) mass is 263 g/mol. The lowest BCUT2D eigenvalue weighted by Gasteiger charge is -2.20. The third-order valence-corrected chi connectivity index (χ3v) is 2.90. The lowest BCUT2D eigenvalue weighted by Crippen LogP contribution is -2.39. The number of nitrogens with one attached hydrogen (secondary N) is 2. The van der Waals surface area contributed by atoms with Crippen LogP contribution in [0.15, 0.2) is 18.2 Å². The van der Waals surface area contributed by atoms with Crippen LogP contribution in [-0.2, 0) is 9.59 Å². The second kappa shape index (κ2) is 5.27. The number of ether oxygens (including phenoxy) is 1. The number of anilines is 2. The van der Waals surface area contributed by atoms with Crippen molar-refractivity contribution in [2.24, 2.45) is 11.7 Å². The van der Waals surface area contributed by atoms with Gasteiger partial charge in [-0.15, -0.1) is 0 Å². The first kappa shape index (κ1) is 13.4. The molecule has 4 N–H and O–H groups in total. The lowest BCUT2D eigenvalue weighted by molar-refractivity contribution is -0.119. The van der Waals surface area contributed by atoms with Crippen LogP contribution in [0.4, 0.5) is 11.4 Å². The van der Waals surface area contributed by atoms with E-state index in [1.54, 1.807) is 18.2 Å². The summed E-state index contributed by atoms with van der Waals surface area (Å²) in [5, 5.41) is 5.41. The molecule has 1 aliphatic rings. The summed E-state index contributed by atoms with van der Waals surface area (Å²) in [7, 11) is 0. The molecule has 0 aliphatic carbocycles. The Morgan fingerprint density at radius 2 is 2.21 bits per heavy atom. The topological polar surface area (TPSA) is 93.5 Å². The normalized spacial score (nSPS) is 15.3. The van der Waals surface area contributed by atoms with Crippen molar-refractivity contribution in [3.63, 3.8) is 0 Å². The van der Waals surface area contributed by atoms with Crippen molar-refractivity contribution >= 4 is 23.2 Å². The molecule has 0 spiro atoms. The second-order valence-electron chi connectivity index (χ2n) is 4.81. The molecule has 102 valence electrons. The molecule has 0 saturated carbocycles. The van der Waals surface area contributed by atoms with Gasteiger partial charge in [-0.2, -0.15) is 0 Å². The molecule has 19 heavy (non-hydrogen) atoms. The van der Waals surface area contributed by atoms with Crippen molar-refractivity contribution in [1.29, 1.82) is 0 Å². The highest BCUT2D eigenvalue weighted by atomic mass is 16.5. The Balaban J connectivity index is 2.10. The predicted octanol–water partition coefficient (Wildman–Crippen LogP) is 0.939. The Hall–Kier alpha value is -2.08. The molecule has 2 rings (SSSR count). The van der Waals surface area contributed by atoms with Gasteiger partial charge in [-0.1, -0.05) is 13.8 Å². The van der Waals surface area contributed by atoms with E-state index in [-0.39, 0.29) is 24.3 Å². The van der Waals surface area contributed by atoms with Crippen molar-refractivity contribution in [1.82, 2.24) is 0 Å². The fourth-order valence-electron chi connectivity index (χ4n) is 1.68. The number of hydrogen-bond donors (Lipinski definition) is 3. The standard InChI is InChI=1S/C13H17N3O3/c1-7(2)12(14)13(18)15-8-3-4-9-10(5-8)19-6-11(17)16-9/h3-5,7,12H,6,14H2,1-2H3,(H,15,18)(H,16,17)/t12-/m0/s1. The summed E-state index contributed by atoms with van der Waals surface area (Å²) in [4.78, 5) is 23.0. The summed E-state index contributed by atoms with van der Waals surface area (Å²) in [6.07, 6.45) is 0. The highest BCUT2D eigenvalue weighted by molar-refractivity contribution is 5.98. The van der Waals surface area contributed by atoms with E-state index in [2.05, 4.69) is 10.6 Å². The maximum absolute atomic E-state index is 11.8. The highest BCUT2D eigenvalue weighted by Gasteiger charge is 2.19. The molecule has 0 radical (unpaired) electrons. The Bertz CT molecular complexity index is 514. The highest BCUT2D eigenvalue weighted by Crippen LogP contribution is 2.30. The number of carbonyl (C=O) groups excluding carboxylic acids is 2. The molecule has 6 nitrogen and oxygen atoms in total. The van der Waals surface area contributed by atoms with Gasteiger partial charge in [0.2, 0.25) is 5.91 Å². The van der Waals surface area contributed by atoms with Crippen molar-refractivity contribution in [3.05, 3.63) is 18.2 Å². The number of hydrogen-bond acceptors (Lipinski definition) is 4. The predicted molar refractivity (Wildman–Crippen MR) is 72.0 cm³/mol. The molecule has 0 aromatic heterocycles. The molecule has 0 fully saturated rings. The minimum absolute atomic E-state index is 0.0179. The van der Waals surface area contributed by atoms with Crippen LogP contribution in [0.2, 0.25) is 0 Å². The number of benzene rings is 1. The van der Waals surface area contributed by atoms with Crippen LogP contribution < -0.4 is 21.1 Å². The average Bonchev–Trinajstić information content (AvgIpc) is 2.37. The van der Waals surface area contributed by atoms with Gasteiger partial charge < -0.3 is 21.1 Å². The largest absolute Gasteiger partial charge is 0.482 e. The maximum atomic E-state index is 11.8. The summed E-state index contributed by atoms with van der Waals surface area (Å²) in [6.45, 7) is 3.75. The molecule has 2 amide bonds. The molecule has 1 aromatic carbocycles. The second-order valence-corrected chi connectivity index (χ2v) is 4.81. The van der Waals surface area contributed by atoms with Crippen molar-refractivity contribution in [3.8, 4) is 5.75 Å². The molecule has 1 aromatic rings. The fraction of sp³-hybridized carbons (Fsp3) is 0.385. The zero-order chi connectivity index (χ0) is 14.0. The van der Waals surface area contributed by atoms with Gasteiger partial charge in [0.05, 0.1) is 11.7 Å². The van der Waals surface area contributed by atoms with Gasteiger partial charge in [-0.25, -0.2) is 0 Å². The molecular formula is C13H17N3O3. The number of fused-ring (bicyclic) bond motifs is 1. The zero-order valence-electron chi connectivity index (χ0n) is 10.9. The van der Waals surface area contributed by atoms with Gasteiger partial charge in [-0.05, 0) is 18.1 Å². The molecule has 6 heteroatoms. The van der Waals surface area contributed by atoms with Crippen LogP contribution in [0.3, 0.4) is 0 Å². The van der Waals surface area contributed by atoms with Crippen molar-refractivity contribution < 1.29 is 14.3 Å². The third-order valence-electron chi connectivity index (χ3n) is 2.90. The van der Waals surface area contributed by atoms with Crippen LogP contribution >= 0.6 is 0 Å². The summed E-state index contributed by atoms with van der Waals surface area (Å²) in [6, 6.07) is 4.48. The minimum Gasteiger partial charge on any atom is -0.482 e. The van der Waals surface area contributed by atoms with Gasteiger partial charge in [0.25, 0.3) is 5.91 Å². The van der Waals surface area contributed by atoms with Gasteiger partial charge in [-0.3, -0.25) is 9.59 Å². The van der Waals surface area contributed by atoms with Crippen LogP contribution in [0.5, 0.6) is 5.75 Å². The molecule has 1 aliphatic heterocycles. The quantitative estimate of drug-likeness (QED) is 0.756. The Labute approximate surface area is 111 Å². The summed E-state index contributed by atoms with van der Waals surface area (Å²) in [5.74, 6) is 0.171. The van der Waals surface area contributed by atoms with E-state index in [0.717, 1.165) is 0 Å². The molecule has 0 unspecified atom stereocenters. The molecule has 0 bridgehead atoms. The number of nitrogens with two attached hydrogens (primary N) is 1. The fourth-order valence-corrected chi connectivity index (χ4v) is 1.68. The number of amides is 2. The Kier molecular flexibility index (Phi) is 3.71. The number of rotatable bonds is 3. The van der Waals surface area contributed by atoms with E-state index >= 15 is 0 Å². The first-order valence-corrected chi connectivity index (χ1v) is 6.10. The van der Waals surface area contributed by atoms with Gasteiger partial charge in [0, 0.05) is 11.8 Å². The summed E-state index contributed by atoms with van der Waals surface area (Å²) < 4.78 is 5.27. The summed E-state index contributed by atoms with van der Waals surface area (Å²) >= 11 is 0. The molecule has 1 atom stereocenters. The van der Waals surface area contributed by atoms with Gasteiger partial charge >= 0.3 is 0 Å². The van der Waals surface area contributed by atoms with Crippen molar-refractivity contribution in [2.45, 2.75) is 19.9 Å². The van der Waals surface area contributed by atoms with Gasteiger partial charge in [0.15, 0.2) is 6.61 Å². The van der Waals surface area contributed by atoms with Crippen molar-refractivity contribution in [2.75, 3.05) is 17.2 Å². The van der Waals surface area contributed by atoms with Crippen LogP contribution in [0.1, 0.15) is 13.8 Å². The van der Waals surface area contributed by atoms with Gasteiger partial charge in [0.1, 0.15) is 5.75 Å². The Morgan fingerprint density at radius 1 is 1.47 bits per heavy atom.